The quantitative estimate of drug-likeness (QED) is 0.619. The van der Waals surface area contributed by atoms with Crippen LogP contribution in [0.25, 0.3) is 0 Å². The number of ether oxygens (including phenoxy) is 3. The van der Waals surface area contributed by atoms with Crippen molar-refractivity contribution in [2.24, 2.45) is 0 Å². The molecule has 2 saturated heterocycles. The Balaban J connectivity index is 1.62. The van der Waals surface area contributed by atoms with E-state index in [0.29, 0.717) is 6.54 Å². The zero-order valence-corrected chi connectivity index (χ0v) is 13.5. The van der Waals surface area contributed by atoms with Crippen LogP contribution in [0, 0.1) is 0 Å². The van der Waals surface area contributed by atoms with Gasteiger partial charge < -0.3 is 14.2 Å². The highest BCUT2D eigenvalue weighted by atomic mass is 16.6. The van der Waals surface area contributed by atoms with Crippen molar-refractivity contribution in [3.63, 3.8) is 0 Å². The van der Waals surface area contributed by atoms with E-state index in [2.05, 4.69) is 0 Å². The zero-order valence-electron chi connectivity index (χ0n) is 13.5. The summed E-state index contributed by atoms with van der Waals surface area (Å²) in [6.45, 7) is 6.16. The molecule has 0 N–H and O–H groups in total. The van der Waals surface area contributed by atoms with Crippen molar-refractivity contribution >= 4 is 11.9 Å². The molecule has 23 heavy (non-hydrogen) atoms. The van der Waals surface area contributed by atoms with Gasteiger partial charge in [0.15, 0.2) is 6.10 Å². The minimum absolute atomic E-state index is 0.176. The van der Waals surface area contributed by atoms with Crippen LogP contribution in [0.3, 0.4) is 0 Å². The largest absolute Gasteiger partial charge is 0.460 e. The van der Waals surface area contributed by atoms with E-state index in [4.69, 9.17) is 14.2 Å². The average Bonchev–Trinajstić information content (AvgIpc) is 3.14. The lowest BCUT2D eigenvalue weighted by atomic mass is 10.1. The highest BCUT2D eigenvalue weighted by Crippen LogP contribution is 2.36. The first-order valence-electron chi connectivity index (χ1n) is 7.70. The zero-order chi connectivity index (χ0) is 16.6. The van der Waals surface area contributed by atoms with E-state index in [1.54, 1.807) is 20.8 Å². The first kappa shape index (κ1) is 16.0. The van der Waals surface area contributed by atoms with Gasteiger partial charge in [0, 0.05) is 6.54 Å². The van der Waals surface area contributed by atoms with Gasteiger partial charge in [-0.2, -0.15) is 0 Å². The fourth-order valence-electron chi connectivity index (χ4n) is 2.58. The van der Waals surface area contributed by atoms with E-state index < -0.39 is 29.7 Å². The van der Waals surface area contributed by atoms with Crippen molar-refractivity contribution in [3.8, 4) is 0 Å². The number of hydrogen-bond acceptors (Lipinski definition) is 6. The van der Waals surface area contributed by atoms with Crippen molar-refractivity contribution in [1.29, 1.82) is 0 Å². The van der Waals surface area contributed by atoms with Gasteiger partial charge in [0.25, 0.3) is 0 Å². The molecule has 3 rings (SSSR count). The molecule has 2 unspecified atom stereocenters. The SMILES string of the molecule is CC(C)(C)OC(=O)C1O[C@H]2CN2[C@@H]1C(=O)OCc1ccccc1. The van der Waals surface area contributed by atoms with E-state index in [9.17, 15) is 9.59 Å². The summed E-state index contributed by atoms with van der Waals surface area (Å²) in [4.78, 5) is 26.4. The monoisotopic (exact) mass is 319 g/mol. The van der Waals surface area contributed by atoms with Crippen LogP contribution < -0.4 is 0 Å². The third-order valence-electron chi connectivity index (χ3n) is 3.66. The van der Waals surface area contributed by atoms with Gasteiger partial charge in [-0.1, -0.05) is 30.3 Å². The number of rotatable bonds is 4. The van der Waals surface area contributed by atoms with Gasteiger partial charge in [-0.3, -0.25) is 9.69 Å². The third kappa shape index (κ3) is 3.71. The van der Waals surface area contributed by atoms with Crippen molar-refractivity contribution in [2.45, 2.75) is 51.4 Å². The normalized spacial score (nSPS) is 28.8. The molecule has 124 valence electrons. The van der Waals surface area contributed by atoms with Crippen LogP contribution in [-0.4, -0.2) is 47.4 Å². The van der Waals surface area contributed by atoms with E-state index in [-0.39, 0.29) is 12.8 Å². The molecule has 4 atom stereocenters. The third-order valence-corrected chi connectivity index (χ3v) is 3.66. The van der Waals surface area contributed by atoms with Gasteiger partial charge in [-0.25, -0.2) is 4.79 Å². The van der Waals surface area contributed by atoms with Gasteiger partial charge in [0.1, 0.15) is 24.5 Å². The summed E-state index contributed by atoms with van der Waals surface area (Å²) in [5.74, 6) is -0.976. The minimum Gasteiger partial charge on any atom is -0.460 e. The van der Waals surface area contributed by atoms with Gasteiger partial charge >= 0.3 is 11.9 Å². The Morgan fingerprint density at radius 3 is 2.57 bits per heavy atom. The topological polar surface area (TPSA) is 64.8 Å². The van der Waals surface area contributed by atoms with Crippen LogP contribution in [-0.2, 0) is 30.4 Å². The van der Waals surface area contributed by atoms with Crippen LogP contribution in [0.1, 0.15) is 26.3 Å². The highest BCUT2D eigenvalue weighted by Gasteiger charge is 2.59. The highest BCUT2D eigenvalue weighted by molar-refractivity contribution is 5.87. The summed E-state index contributed by atoms with van der Waals surface area (Å²) in [6, 6.07) is 8.69. The number of carbonyl (C=O) groups excluding carboxylic acids is 2. The lowest BCUT2D eigenvalue weighted by molar-refractivity contribution is -0.172. The number of esters is 2. The molecule has 1 aromatic rings. The first-order chi connectivity index (χ1) is 10.8. The predicted molar refractivity (Wildman–Crippen MR) is 81.2 cm³/mol. The summed E-state index contributed by atoms with van der Waals surface area (Å²) >= 11 is 0. The molecule has 0 amide bonds. The average molecular weight is 319 g/mol. The summed E-state index contributed by atoms with van der Waals surface area (Å²) in [6.07, 6.45) is -1.10. The van der Waals surface area contributed by atoms with Crippen molar-refractivity contribution in [3.05, 3.63) is 35.9 Å². The number of morpholine rings is 1. The molecule has 0 saturated carbocycles. The van der Waals surface area contributed by atoms with E-state index in [0.717, 1.165) is 5.56 Å². The Kier molecular flexibility index (Phi) is 4.12. The lowest BCUT2D eigenvalue weighted by Crippen LogP contribution is -2.45. The fraction of sp³-hybridized carbons (Fsp3) is 0.529. The minimum atomic E-state index is -0.920. The summed E-state index contributed by atoms with van der Waals surface area (Å²) in [5, 5.41) is 0. The van der Waals surface area contributed by atoms with Crippen LogP contribution >= 0.6 is 0 Å². The number of hydrogen-bond donors (Lipinski definition) is 0. The van der Waals surface area contributed by atoms with E-state index in [1.807, 2.05) is 35.2 Å². The lowest BCUT2D eigenvalue weighted by Gasteiger charge is -2.24. The van der Waals surface area contributed by atoms with Crippen molar-refractivity contribution in [1.82, 2.24) is 4.90 Å². The molecule has 0 aromatic heterocycles. The maximum atomic E-state index is 12.4. The standard InChI is InChI=1S/C17H21NO5/c1-17(2,3)23-16(20)14-13(18-9-12(18)22-14)15(19)21-10-11-7-5-4-6-8-11/h4-8,12-14H,9-10H2,1-3H3/t12-,13-,14?,18?/m0/s1. The van der Waals surface area contributed by atoms with Crippen molar-refractivity contribution < 1.29 is 23.8 Å². The summed E-state index contributed by atoms with van der Waals surface area (Å²) in [5.41, 5.74) is 0.275. The number of nitrogens with zero attached hydrogens (tertiary/aromatic N) is 1. The van der Waals surface area contributed by atoms with Crippen LogP contribution in [0.4, 0.5) is 0 Å². The Bertz CT molecular complexity index is 595. The molecule has 1 aromatic carbocycles. The van der Waals surface area contributed by atoms with E-state index >= 15 is 0 Å². The second-order valence-corrected chi connectivity index (χ2v) is 6.78. The molecular formula is C17H21NO5. The van der Waals surface area contributed by atoms with Gasteiger partial charge in [-0.05, 0) is 26.3 Å². The maximum Gasteiger partial charge on any atom is 0.338 e. The Hall–Kier alpha value is -1.92. The second-order valence-electron chi connectivity index (χ2n) is 6.78. The summed E-state index contributed by atoms with van der Waals surface area (Å²) in [7, 11) is 0. The Morgan fingerprint density at radius 1 is 1.22 bits per heavy atom. The Labute approximate surface area is 135 Å². The van der Waals surface area contributed by atoms with Gasteiger partial charge in [-0.15, -0.1) is 0 Å². The second kappa shape index (κ2) is 5.94. The molecule has 0 aliphatic carbocycles. The smallest absolute Gasteiger partial charge is 0.338 e. The Morgan fingerprint density at radius 2 is 1.91 bits per heavy atom. The van der Waals surface area contributed by atoms with Crippen LogP contribution in [0.15, 0.2) is 30.3 Å². The summed E-state index contributed by atoms with van der Waals surface area (Å²) < 4.78 is 16.3. The fourth-order valence-corrected chi connectivity index (χ4v) is 2.58. The molecular weight excluding hydrogens is 298 g/mol. The molecule has 2 fully saturated rings. The molecule has 2 heterocycles. The molecule has 6 nitrogen and oxygen atoms in total. The van der Waals surface area contributed by atoms with Crippen molar-refractivity contribution in [2.75, 3.05) is 6.54 Å². The molecule has 6 heteroatoms. The predicted octanol–water partition coefficient (Wildman–Crippen LogP) is 1.48. The van der Waals surface area contributed by atoms with Gasteiger partial charge in [0.05, 0.1) is 0 Å². The van der Waals surface area contributed by atoms with E-state index in [1.165, 1.54) is 0 Å². The first-order valence-corrected chi connectivity index (χ1v) is 7.70. The molecule has 0 radical (unpaired) electrons. The molecule has 0 bridgehead atoms. The molecule has 0 spiro atoms. The number of benzene rings is 1. The molecule has 2 aliphatic rings. The number of carbonyl (C=O) groups is 2. The maximum absolute atomic E-state index is 12.4. The molecule has 2 aliphatic heterocycles. The van der Waals surface area contributed by atoms with Crippen LogP contribution in [0.2, 0.25) is 0 Å². The van der Waals surface area contributed by atoms with Crippen LogP contribution in [0.5, 0.6) is 0 Å². The number of fused-ring (bicyclic) bond motifs is 1. The van der Waals surface area contributed by atoms with Gasteiger partial charge in [0.2, 0.25) is 0 Å².